The van der Waals surface area contributed by atoms with Crippen LogP contribution >= 0.6 is 15.9 Å². The van der Waals surface area contributed by atoms with Crippen molar-refractivity contribution in [2.45, 2.75) is 31.8 Å². The molecule has 0 radical (unpaired) electrons. The number of halogens is 1. The van der Waals surface area contributed by atoms with Gasteiger partial charge in [0, 0.05) is 43.7 Å². The minimum absolute atomic E-state index is 0.119. The molecule has 1 fully saturated rings. The highest BCUT2D eigenvalue weighted by Crippen LogP contribution is 2.20. The highest BCUT2D eigenvalue weighted by Gasteiger charge is 2.24. The van der Waals surface area contributed by atoms with E-state index < -0.39 is 0 Å². The molecule has 5 heteroatoms. The average molecular weight is 354 g/mol. The van der Waals surface area contributed by atoms with Gasteiger partial charge in [-0.05, 0) is 37.5 Å². The predicted molar refractivity (Wildman–Crippen MR) is 89.4 cm³/mol. The number of carbonyl (C=O) groups excluding carboxylic acids is 1. The Morgan fingerprint density at radius 1 is 1.38 bits per heavy atom. The Morgan fingerprint density at radius 2 is 2.05 bits per heavy atom. The number of piperidine rings is 1. The largest absolute Gasteiger partial charge is 0.331 e. The first-order valence-electron chi connectivity index (χ1n) is 7.45. The first-order chi connectivity index (χ1) is 9.97. The molecule has 2 rings (SSSR count). The molecule has 1 aromatic carbocycles. The smallest absolute Gasteiger partial charge is 0.319 e. The summed E-state index contributed by atoms with van der Waals surface area (Å²) in [7, 11) is 3.62. The summed E-state index contributed by atoms with van der Waals surface area (Å²) in [5.41, 5.74) is 1.29. The molecule has 1 aliphatic rings. The molecule has 1 heterocycles. The number of amides is 2. The summed E-state index contributed by atoms with van der Waals surface area (Å²) in [5, 5.41) is 3.68. The van der Waals surface area contributed by atoms with Crippen molar-refractivity contribution in [1.29, 1.82) is 0 Å². The number of hydrogen-bond acceptors (Lipinski definition) is 2. The number of rotatable bonds is 3. The lowest BCUT2D eigenvalue weighted by Crippen LogP contribution is -2.48. The molecule has 1 aromatic rings. The van der Waals surface area contributed by atoms with Gasteiger partial charge in [-0.25, -0.2) is 4.79 Å². The van der Waals surface area contributed by atoms with Crippen LogP contribution in [0.3, 0.4) is 0 Å². The molecule has 1 N–H and O–H groups in total. The molecule has 0 spiro atoms. The van der Waals surface area contributed by atoms with Gasteiger partial charge < -0.3 is 15.1 Å². The van der Waals surface area contributed by atoms with Crippen LogP contribution in [-0.4, -0.2) is 49.1 Å². The van der Waals surface area contributed by atoms with Crippen LogP contribution in [0, 0.1) is 0 Å². The zero-order chi connectivity index (χ0) is 15.4. The number of likely N-dealkylation sites (tertiary alicyclic amines) is 1. The minimum atomic E-state index is 0.119. The first-order valence-corrected chi connectivity index (χ1v) is 8.24. The molecule has 1 unspecified atom stereocenters. The quantitative estimate of drug-likeness (QED) is 0.905. The number of benzene rings is 1. The van der Waals surface area contributed by atoms with E-state index >= 15 is 0 Å². The van der Waals surface area contributed by atoms with Gasteiger partial charge in [0.25, 0.3) is 0 Å². The van der Waals surface area contributed by atoms with Crippen LogP contribution in [0.4, 0.5) is 4.79 Å². The van der Waals surface area contributed by atoms with E-state index in [1.807, 2.05) is 25.1 Å². The Labute approximate surface area is 135 Å². The Hall–Kier alpha value is -1.07. The fourth-order valence-electron chi connectivity index (χ4n) is 2.75. The number of nitrogens with one attached hydrogen (secondary N) is 1. The van der Waals surface area contributed by atoms with Crippen molar-refractivity contribution in [2.24, 2.45) is 0 Å². The Morgan fingerprint density at radius 3 is 2.62 bits per heavy atom. The second kappa shape index (κ2) is 7.27. The Kier molecular flexibility index (Phi) is 5.65. The van der Waals surface area contributed by atoms with Crippen LogP contribution in [0.15, 0.2) is 28.7 Å². The molecular weight excluding hydrogens is 330 g/mol. The number of urea groups is 1. The fourth-order valence-corrected chi connectivity index (χ4v) is 3.16. The lowest BCUT2D eigenvalue weighted by molar-refractivity contribution is 0.151. The molecule has 0 aliphatic carbocycles. The molecule has 4 nitrogen and oxygen atoms in total. The van der Waals surface area contributed by atoms with E-state index in [1.54, 1.807) is 4.90 Å². The maximum atomic E-state index is 11.9. The third kappa shape index (κ3) is 4.45. The summed E-state index contributed by atoms with van der Waals surface area (Å²) in [6.07, 6.45) is 2.02. The first kappa shape index (κ1) is 16.3. The Balaban J connectivity index is 1.85. The molecule has 116 valence electrons. The fraction of sp³-hybridized carbons (Fsp3) is 0.562. The molecule has 0 bridgehead atoms. The van der Waals surface area contributed by atoms with E-state index in [4.69, 9.17) is 0 Å². The van der Waals surface area contributed by atoms with E-state index in [-0.39, 0.29) is 6.03 Å². The van der Waals surface area contributed by atoms with Gasteiger partial charge in [-0.1, -0.05) is 28.1 Å². The van der Waals surface area contributed by atoms with Crippen LogP contribution < -0.4 is 5.32 Å². The number of hydrogen-bond donors (Lipinski definition) is 1. The molecule has 1 saturated heterocycles. The van der Waals surface area contributed by atoms with Crippen molar-refractivity contribution in [1.82, 2.24) is 15.1 Å². The highest BCUT2D eigenvalue weighted by molar-refractivity contribution is 9.10. The third-order valence-corrected chi connectivity index (χ3v) is 4.48. The molecule has 0 aromatic heterocycles. The van der Waals surface area contributed by atoms with Gasteiger partial charge in [0.05, 0.1) is 0 Å². The minimum Gasteiger partial charge on any atom is -0.331 e. The van der Waals surface area contributed by atoms with Crippen LogP contribution in [0.1, 0.15) is 31.4 Å². The normalized spacial score (nSPS) is 17.6. The van der Waals surface area contributed by atoms with Gasteiger partial charge in [0.15, 0.2) is 0 Å². The van der Waals surface area contributed by atoms with Gasteiger partial charge in [-0.2, -0.15) is 0 Å². The van der Waals surface area contributed by atoms with Crippen molar-refractivity contribution >= 4 is 22.0 Å². The molecule has 0 saturated carbocycles. The zero-order valence-corrected chi connectivity index (χ0v) is 14.6. The highest BCUT2D eigenvalue weighted by atomic mass is 79.9. The van der Waals surface area contributed by atoms with E-state index in [0.29, 0.717) is 12.1 Å². The second-order valence-corrected chi connectivity index (χ2v) is 6.80. The molecule has 1 atom stereocenters. The molecular formula is C16H24BrN3O. The summed E-state index contributed by atoms with van der Waals surface area (Å²) in [6, 6.07) is 9.33. The average Bonchev–Trinajstić information content (AvgIpc) is 2.47. The van der Waals surface area contributed by atoms with Gasteiger partial charge in [-0.15, -0.1) is 0 Å². The lowest BCUT2D eigenvalue weighted by Gasteiger charge is -2.35. The molecule has 21 heavy (non-hydrogen) atoms. The van der Waals surface area contributed by atoms with Gasteiger partial charge in [0.2, 0.25) is 0 Å². The third-order valence-electron chi connectivity index (χ3n) is 3.98. The zero-order valence-electron chi connectivity index (χ0n) is 13.0. The summed E-state index contributed by atoms with van der Waals surface area (Å²) < 4.78 is 1.11. The summed E-state index contributed by atoms with van der Waals surface area (Å²) in [4.78, 5) is 15.5. The summed E-state index contributed by atoms with van der Waals surface area (Å²) in [5.74, 6) is 0. The van der Waals surface area contributed by atoms with Crippen molar-refractivity contribution < 1.29 is 4.79 Å². The van der Waals surface area contributed by atoms with Gasteiger partial charge in [0.1, 0.15) is 0 Å². The monoisotopic (exact) mass is 353 g/mol. The van der Waals surface area contributed by atoms with Crippen LogP contribution in [0.5, 0.6) is 0 Å². The van der Waals surface area contributed by atoms with E-state index in [9.17, 15) is 4.79 Å². The maximum absolute atomic E-state index is 11.9. The van der Waals surface area contributed by atoms with Crippen molar-refractivity contribution in [3.8, 4) is 0 Å². The van der Waals surface area contributed by atoms with E-state index in [0.717, 1.165) is 30.4 Å². The van der Waals surface area contributed by atoms with Crippen LogP contribution in [0.2, 0.25) is 0 Å². The van der Waals surface area contributed by atoms with E-state index in [2.05, 4.69) is 46.4 Å². The Bertz CT molecular complexity index is 484. The maximum Gasteiger partial charge on any atom is 0.319 e. The van der Waals surface area contributed by atoms with Crippen molar-refractivity contribution in [3.05, 3.63) is 34.3 Å². The van der Waals surface area contributed by atoms with Crippen LogP contribution in [-0.2, 0) is 0 Å². The number of nitrogens with zero attached hydrogens (tertiary/aromatic N) is 2. The molecule has 1 aliphatic heterocycles. The van der Waals surface area contributed by atoms with Gasteiger partial charge >= 0.3 is 6.03 Å². The van der Waals surface area contributed by atoms with Crippen LogP contribution in [0.25, 0.3) is 0 Å². The molecule has 2 amide bonds. The standard InChI is InChI=1S/C16H24BrN3O/c1-12(13-5-4-6-14(17)11-13)18-15-7-9-20(10-8-15)16(21)19(2)3/h4-6,11-12,15,18H,7-10H2,1-3H3. The van der Waals surface area contributed by atoms with Gasteiger partial charge in [-0.3, -0.25) is 0 Å². The predicted octanol–water partition coefficient (Wildman–Crippen LogP) is 3.25. The van der Waals surface area contributed by atoms with Crippen molar-refractivity contribution in [3.63, 3.8) is 0 Å². The SMILES string of the molecule is CC(NC1CCN(C(=O)N(C)C)CC1)c1cccc(Br)c1. The van der Waals surface area contributed by atoms with Crippen molar-refractivity contribution in [2.75, 3.05) is 27.2 Å². The second-order valence-electron chi connectivity index (χ2n) is 5.88. The lowest BCUT2D eigenvalue weighted by atomic mass is 10.0. The topological polar surface area (TPSA) is 35.6 Å². The van der Waals surface area contributed by atoms with E-state index in [1.165, 1.54) is 5.56 Å². The number of carbonyl (C=O) groups is 1. The summed E-state index contributed by atoms with van der Waals surface area (Å²) >= 11 is 3.52. The summed E-state index contributed by atoms with van der Waals surface area (Å²) in [6.45, 7) is 3.86.